The van der Waals surface area contributed by atoms with Crippen molar-refractivity contribution in [3.8, 4) is 0 Å². The number of hydrogen-bond donors (Lipinski definition) is 0. The molecule has 0 radical (unpaired) electrons. The van der Waals surface area contributed by atoms with Crippen molar-refractivity contribution < 1.29 is 17.9 Å². The molecule has 1 aliphatic rings. The van der Waals surface area contributed by atoms with E-state index in [4.69, 9.17) is 4.74 Å². The van der Waals surface area contributed by atoms with Gasteiger partial charge in [-0.2, -0.15) is 4.31 Å². The fraction of sp³-hybridized carbons (Fsp3) is 0.321. The van der Waals surface area contributed by atoms with E-state index in [0.717, 1.165) is 24.8 Å². The highest BCUT2D eigenvalue weighted by Crippen LogP contribution is 2.28. The van der Waals surface area contributed by atoms with Gasteiger partial charge in [-0.3, -0.25) is 4.79 Å². The number of sulfonamides is 1. The van der Waals surface area contributed by atoms with Gasteiger partial charge in [-0.25, -0.2) is 8.42 Å². The van der Waals surface area contributed by atoms with Gasteiger partial charge in [-0.1, -0.05) is 91.0 Å². The third-order valence-corrected chi connectivity index (χ3v) is 8.09. The molecule has 2 atom stereocenters. The van der Waals surface area contributed by atoms with E-state index in [1.54, 1.807) is 12.1 Å². The van der Waals surface area contributed by atoms with Gasteiger partial charge in [0.25, 0.3) is 0 Å². The highest BCUT2D eigenvalue weighted by Gasteiger charge is 2.38. The molecule has 1 heterocycles. The second-order valence-electron chi connectivity index (χ2n) is 8.72. The number of carbonyl (C=O) groups is 1. The van der Waals surface area contributed by atoms with Crippen molar-refractivity contribution in [1.82, 2.24) is 4.31 Å². The molecule has 0 bridgehead atoms. The average molecular weight is 478 g/mol. The van der Waals surface area contributed by atoms with Crippen LogP contribution in [0, 0.1) is 0 Å². The Morgan fingerprint density at radius 2 is 1.44 bits per heavy atom. The monoisotopic (exact) mass is 477 g/mol. The molecule has 1 aliphatic heterocycles. The van der Waals surface area contributed by atoms with E-state index in [-0.39, 0.29) is 5.75 Å². The lowest BCUT2D eigenvalue weighted by atomic mass is 10.0. The smallest absolute Gasteiger partial charge is 0.325 e. The van der Waals surface area contributed by atoms with Crippen LogP contribution in [0.3, 0.4) is 0 Å². The van der Waals surface area contributed by atoms with E-state index in [2.05, 4.69) is 12.1 Å². The number of piperidine rings is 1. The zero-order valence-electron chi connectivity index (χ0n) is 19.3. The standard InChI is InChI=1S/C28H31NO4S/c30-28(26-18-10-11-21-29(26)34(31,32)22-24-14-6-2-7-15-24)33-27(25-16-8-3-9-17-25)20-19-23-12-4-1-5-13-23/h1-9,12-17,26-27H,10-11,18-22H2/t26-,27+/m0/s1. The average Bonchev–Trinajstić information content (AvgIpc) is 2.88. The van der Waals surface area contributed by atoms with Crippen LogP contribution in [0.1, 0.15) is 48.5 Å². The van der Waals surface area contributed by atoms with E-state index in [1.807, 2.05) is 66.7 Å². The normalized spacial score (nSPS) is 17.7. The van der Waals surface area contributed by atoms with Gasteiger partial charge in [0.05, 0.1) is 5.75 Å². The minimum atomic E-state index is -3.65. The minimum Gasteiger partial charge on any atom is -0.456 e. The Kier molecular flexibility index (Phi) is 8.14. The van der Waals surface area contributed by atoms with Crippen LogP contribution in [0.4, 0.5) is 0 Å². The summed E-state index contributed by atoms with van der Waals surface area (Å²) in [6.45, 7) is 0.342. The first-order valence-corrected chi connectivity index (χ1v) is 13.5. The first-order chi connectivity index (χ1) is 16.5. The molecule has 3 aromatic carbocycles. The number of rotatable bonds is 9. The van der Waals surface area contributed by atoms with Crippen molar-refractivity contribution in [2.75, 3.05) is 6.54 Å². The van der Waals surface area contributed by atoms with Crippen molar-refractivity contribution in [3.63, 3.8) is 0 Å². The minimum absolute atomic E-state index is 0.117. The molecule has 178 valence electrons. The Bertz CT molecular complexity index is 1150. The zero-order valence-corrected chi connectivity index (χ0v) is 20.1. The van der Waals surface area contributed by atoms with Gasteiger partial charge in [0.2, 0.25) is 10.0 Å². The fourth-order valence-electron chi connectivity index (χ4n) is 4.46. The van der Waals surface area contributed by atoms with Crippen LogP contribution < -0.4 is 0 Å². The fourth-order valence-corrected chi connectivity index (χ4v) is 6.23. The van der Waals surface area contributed by atoms with Crippen LogP contribution in [0.15, 0.2) is 91.0 Å². The number of benzene rings is 3. The van der Waals surface area contributed by atoms with Crippen molar-refractivity contribution in [2.24, 2.45) is 0 Å². The highest BCUT2D eigenvalue weighted by atomic mass is 32.2. The van der Waals surface area contributed by atoms with Crippen LogP contribution in [0.5, 0.6) is 0 Å². The SMILES string of the molecule is O=C(O[C@H](CCc1ccccc1)c1ccccc1)[C@@H]1CCCCN1S(=O)(=O)Cc1ccccc1. The molecular formula is C28H31NO4S. The molecule has 0 saturated carbocycles. The van der Waals surface area contributed by atoms with E-state index in [9.17, 15) is 13.2 Å². The number of carbonyl (C=O) groups excluding carboxylic acids is 1. The molecule has 0 aliphatic carbocycles. The van der Waals surface area contributed by atoms with E-state index >= 15 is 0 Å². The number of esters is 1. The predicted molar refractivity (Wildman–Crippen MR) is 133 cm³/mol. The third kappa shape index (κ3) is 6.33. The Balaban J connectivity index is 1.50. The van der Waals surface area contributed by atoms with Crippen LogP contribution in [0.2, 0.25) is 0 Å². The van der Waals surface area contributed by atoms with Gasteiger partial charge < -0.3 is 4.74 Å². The predicted octanol–water partition coefficient (Wildman–Crippen LogP) is 5.29. The molecule has 5 nitrogen and oxygen atoms in total. The third-order valence-electron chi connectivity index (χ3n) is 6.24. The van der Waals surface area contributed by atoms with E-state index in [0.29, 0.717) is 24.9 Å². The summed E-state index contributed by atoms with van der Waals surface area (Å²) in [5.41, 5.74) is 2.80. The first kappa shape index (κ1) is 24.2. The lowest BCUT2D eigenvalue weighted by Gasteiger charge is -2.34. The Morgan fingerprint density at radius 3 is 2.09 bits per heavy atom. The maximum absolute atomic E-state index is 13.4. The molecule has 1 saturated heterocycles. The molecule has 34 heavy (non-hydrogen) atoms. The quantitative estimate of drug-likeness (QED) is 0.393. The Morgan fingerprint density at radius 1 is 0.853 bits per heavy atom. The van der Waals surface area contributed by atoms with Crippen molar-refractivity contribution >= 4 is 16.0 Å². The highest BCUT2D eigenvalue weighted by molar-refractivity contribution is 7.88. The van der Waals surface area contributed by atoms with Gasteiger partial charge in [0, 0.05) is 6.54 Å². The summed E-state index contributed by atoms with van der Waals surface area (Å²) < 4.78 is 33.9. The lowest BCUT2D eigenvalue weighted by molar-refractivity contribution is -0.155. The first-order valence-electron chi connectivity index (χ1n) is 11.9. The van der Waals surface area contributed by atoms with Crippen LogP contribution >= 0.6 is 0 Å². The molecule has 6 heteroatoms. The van der Waals surface area contributed by atoms with Gasteiger partial charge in [0.15, 0.2) is 0 Å². The van der Waals surface area contributed by atoms with E-state index < -0.39 is 28.1 Å². The Labute approximate surface area is 202 Å². The van der Waals surface area contributed by atoms with E-state index in [1.165, 1.54) is 9.87 Å². The molecule has 0 amide bonds. The van der Waals surface area contributed by atoms with Crippen LogP contribution in [0.25, 0.3) is 0 Å². The summed E-state index contributed by atoms with van der Waals surface area (Å²) in [6.07, 6.45) is 2.98. The van der Waals surface area contributed by atoms with Gasteiger partial charge >= 0.3 is 5.97 Å². The second kappa shape index (κ2) is 11.4. The summed E-state index contributed by atoms with van der Waals surface area (Å²) in [5.74, 6) is -0.577. The maximum atomic E-state index is 13.4. The summed E-state index contributed by atoms with van der Waals surface area (Å²) >= 11 is 0. The molecule has 0 N–H and O–H groups in total. The summed E-state index contributed by atoms with van der Waals surface area (Å²) in [4.78, 5) is 13.4. The Hall–Kier alpha value is -2.96. The van der Waals surface area contributed by atoms with Gasteiger partial charge in [0.1, 0.15) is 12.1 Å². The summed E-state index contributed by atoms with van der Waals surface area (Å²) in [6, 6.07) is 28.1. The zero-order chi connectivity index (χ0) is 23.8. The molecular weight excluding hydrogens is 446 g/mol. The largest absolute Gasteiger partial charge is 0.456 e. The molecule has 4 rings (SSSR count). The number of ether oxygens (including phenoxy) is 1. The summed E-state index contributed by atoms with van der Waals surface area (Å²) in [7, 11) is -3.65. The number of nitrogens with zero attached hydrogens (tertiary/aromatic N) is 1. The molecule has 3 aromatic rings. The molecule has 0 aromatic heterocycles. The number of hydrogen-bond acceptors (Lipinski definition) is 4. The van der Waals surface area contributed by atoms with Crippen molar-refractivity contribution in [3.05, 3.63) is 108 Å². The van der Waals surface area contributed by atoms with Crippen molar-refractivity contribution in [2.45, 2.75) is 50.0 Å². The lowest BCUT2D eigenvalue weighted by Crippen LogP contribution is -2.49. The van der Waals surface area contributed by atoms with Gasteiger partial charge in [-0.05, 0) is 48.8 Å². The number of aryl methyl sites for hydroxylation is 1. The molecule has 1 fully saturated rings. The van der Waals surface area contributed by atoms with Crippen molar-refractivity contribution in [1.29, 1.82) is 0 Å². The van der Waals surface area contributed by atoms with Crippen LogP contribution in [-0.2, 0) is 31.7 Å². The topological polar surface area (TPSA) is 63.7 Å². The summed E-state index contributed by atoms with van der Waals surface area (Å²) in [5, 5.41) is 0. The van der Waals surface area contributed by atoms with Crippen LogP contribution in [-0.4, -0.2) is 31.3 Å². The molecule has 0 spiro atoms. The van der Waals surface area contributed by atoms with Gasteiger partial charge in [-0.15, -0.1) is 0 Å². The molecule has 0 unspecified atom stereocenters. The maximum Gasteiger partial charge on any atom is 0.325 e. The second-order valence-corrected chi connectivity index (χ2v) is 10.6.